The second kappa shape index (κ2) is 10.0. The van der Waals surface area contributed by atoms with Crippen molar-refractivity contribution < 1.29 is 17.9 Å². The van der Waals surface area contributed by atoms with E-state index in [1.165, 1.54) is 12.1 Å². The molecule has 0 unspecified atom stereocenters. The van der Waals surface area contributed by atoms with E-state index in [-0.39, 0.29) is 29.9 Å². The topological polar surface area (TPSA) is 84.5 Å². The lowest BCUT2D eigenvalue weighted by molar-refractivity contribution is -0.120. The molecule has 6 nitrogen and oxygen atoms in total. The molecule has 1 aromatic rings. The lowest BCUT2D eigenvalue weighted by atomic mass is 10.3. The minimum absolute atomic E-state index is 0.0587. The van der Waals surface area contributed by atoms with Gasteiger partial charge >= 0.3 is 0 Å². The van der Waals surface area contributed by atoms with Crippen molar-refractivity contribution in [1.29, 1.82) is 0 Å². The summed E-state index contributed by atoms with van der Waals surface area (Å²) in [6.45, 7) is 5.08. The van der Waals surface area contributed by atoms with Crippen LogP contribution in [0.3, 0.4) is 0 Å². The molecule has 0 saturated heterocycles. The van der Waals surface area contributed by atoms with E-state index in [0.29, 0.717) is 17.6 Å². The summed E-state index contributed by atoms with van der Waals surface area (Å²) in [4.78, 5) is 11.8. The third-order valence-electron chi connectivity index (χ3n) is 2.84. The first-order chi connectivity index (χ1) is 10.8. The van der Waals surface area contributed by atoms with Crippen LogP contribution in [0.15, 0.2) is 33.6 Å². The number of benzene rings is 1. The normalized spacial score (nSPS) is 11.7. The van der Waals surface area contributed by atoms with E-state index in [1.807, 2.05) is 13.8 Å². The Labute approximate surface area is 146 Å². The fraction of sp³-hybridized carbons (Fsp3) is 0.533. The number of halogens is 1. The van der Waals surface area contributed by atoms with Crippen molar-refractivity contribution in [2.45, 2.75) is 37.7 Å². The highest BCUT2D eigenvalue weighted by Gasteiger charge is 2.14. The summed E-state index contributed by atoms with van der Waals surface area (Å²) < 4.78 is 32.6. The molecule has 0 aliphatic carbocycles. The summed E-state index contributed by atoms with van der Waals surface area (Å²) in [5, 5.41) is 2.73. The third-order valence-corrected chi connectivity index (χ3v) is 4.80. The third kappa shape index (κ3) is 8.45. The van der Waals surface area contributed by atoms with E-state index in [4.69, 9.17) is 4.74 Å². The Kier molecular flexibility index (Phi) is 8.75. The van der Waals surface area contributed by atoms with Crippen LogP contribution in [0.1, 0.15) is 26.7 Å². The minimum atomic E-state index is -3.60. The van der Waals surface area contributed by atoms with Gasteiger partial charge in [-0.15, -0.1) is 0 Å². The molecule has 0 radical (unpaired) electrons. The molecule has 0 spiro atoms. The van der Waals surface area contributed by atoms with Crippen LogP contribution in [0.25, 0.3) is 0 Å². The van der Waals surface area contributed by atoms with Gasteiger partial charge in [-0.3, -0.25) is 4.79 Å². The zero-order chi connectivity index (χ0) is 17.3. The second-order valence-corrected chi connectivity index (χ2v) is 7.91. The summed E-state index contributed by atoms with van der Waals surface area (Å²) in [5.41, 5.74) is 0. The maximum atomic E-state index is 12.0. The molecule has 1 rings (SSSR count). The van der Waals surface area contributed by atoms with Gasteiger partial charge in [0.1, 0.15) is 0 Å². The number of ether oxygens (including phenoxy) is 1. The molecule has 0 aromatic heterocycles. The fourth-order valence-electron chi connectivity index (χ4n) is 1.72. The Morgan fingerprint density at radius 2 is 2.04 bits per heavy atom. The molecule has 0 heterocycles. The van der Waals surface area contributed by atoms with Crippen LogP contribution in [0, 0.1) is 0 Å². The highest BCUT2D eigenvalue weighted by Crippen LogP contribution is 2.15. The molecule has 0 saturated carbocycles. The first kappa shape index (κ1) is 20.1. The maximum Gasteiger partial charge on any atom is 0.240 e. The number of nitrogens with one attached hydrogen (secondary N) is 2. The van der Waals surface area contributed by atoms with Crippen molar-refractivity contribution in [3.63, 3.8) is 0 Å². The molecule has 0 aliphatic rings. The van der Waals surface area contributed by atoms with E-state index in [9.17, 15) is 13.2 Å². The minimum Gasteiger partial charge on any atom is -0.379 e. The number of carbonyl (C=O) groups excluding carboxylic acids is 1. The van der Waals surface area contributed by atoms with Crippen molar-refractivity contribution in [2.24, 2.45) is 0 Å². The number of carbonyl (C=O) groups is 1. The Bertz CT molecular complexity index is 605. The van der Waals surface area contributed by atoms with Gasteiger partial charge in [-0.2, -0.15) is 0 Å². The van der Waals surface area contributed by atoms with Crippen LogP contribution in [0.5, 0.6) is 0 Å². The van der Waals surface area contributed by atoms with Gasteiger partial charge < -0.3 is 10.1 Å². The lowest BCUT2D eigenvalue weighted by Gasteiger charge is -2.09. The van der Waals surface area contributed by atoms with Gasteiger partial charge in [0.2, 0.25) is 15.9 Å². The first-order valence-corrected chi connectivity index (χ1v) is 9.72. The summed E-state index contributed by atoms with van der Waals surface area (Å²) in [7, 11) is -3.60. The van der Waals surface area contributed by atoms with Crippen LogP contribution < -0.4 is 10.0 Å². The molecule has 8 heteroatoms. The highest BCUT2D eigenvalue weighted by molar-refractivity contribution is 9.10. The van der Waals surface area contributed by atoms with Gasteiger partial charge in [0, 0.05) is 30.6 Å². The highest BCUT2D eigenvalue weighted by atomic mass is 79.9. The van der Waals surface area contributed by atoms with Gasteiger partial charge in [0.05, 0.1) is 11.0 Å². The van der Waals surface area contributed by atoms with Gasteiger partial charge in [0.25, 0.3) is 0 Å². The largest absolute Gasteiger partial charge is 0.379 e. The molecule has 130 valence electrons. The zero-order valence-electron chi connectivity index (χ0n) is 13.3. The van der Waals surface area contributed by atoms with Crippen LogP contribution in [0.2, 0.25) is 0 Å². The Balaban J connectivity index is 2.26. The molecule has 1 aromatic carbocycles. The van der Waals surface area contributed by atoms with Crippen molar-refractivity contribution in [3.05, 3.63) is 28.7 Å². The summed E-state index contributed by atoms with van der Waals surface area (Å²) in [6.07, 6.45) is 1.00. The fourth-order valence-corrected chi connectivity index (χ4v) is 3.35. The Morgan fingerprint density at radius 1 is 1.30 bits per heavy atom. The Hall–Kier alpha value is -0.960. The van der Waals surface area contributed by atoms with E-state index in [2.05, 4.69) is 26.0 Å². The monoisotopic (exact) mass is 406 g/mol. The molecule has 0 aliphatic heterocycles. The van der Waals surface area contributed by atoms with Gasteiger partial charge in [-0.1, -0.05) is 22.0 Å². The molecular weight excluding hydrogens is 384 g/mol. The number of amides is 1. The molecular formula is C15H23BrN2O4S. The van der Waals surface area contributed by atoms with Crippen molar-refractivity contribution >= 4 is 31.9 Å². The molecule has 23 heavy (non-hydrogen) atoms. The average Bonchev–Trinajstić information content (AvgIpc) is 2.46. The van der Waals surface area contributed by atoms with Crippen molar-refractivity contribution in [3.8, 4) is 0 Å². The quantitative estimate of drug-likeness (QED) is 0.582. The van der Waals surface area contributed by atoms with Gasteiger partial charge in [-0.25, -0.2) is 13.1 Å². The summed E-state index contributed by atoms with van der Waals surface area (Å²) in [5.74, 6) is -0.188. The van der Waals surface area contributed by atoms with E-state index >= 15 is 0 Å². The Morgan fingerprint density at radius 3 is 2.70 bits per heavy atom. The molecule has 0 atom stereocenters. The van der Waals surface area contributed by atoms with E-state index < -0.39 is 10.0 Å². The summed E-state index contributed by atoms with van der Waals surface area (Å²) >= 11 is 3.23. The SMILES string of the molecule is CC(C)OCCCNC(=O)CCNS(=O)(=O)c1cccc(Br)c1. The second-order valence-electron chi connectivity index (χ2n) is 5.23. The van der Waals surface area contributed by atoms with Crippen LogP contribution in [-0.4, -0.2) is 40.1 Å². The summed E-state index contributed by atoms with van der Waals surface area (Å²) in [6, 6.07) is 6.40. The molecule has 1 amide bonds. The standard InChI is InChI=1S/C15H23BrN2O4S/c1-12(2)22-10-4-8-17-15(19)7-9-18-23(20,21)14-6-3-5-13(16)11-14/h3,5-6,11-12,18H,4,7-10H2,1-2H3,(H,17,19). The first-order valence-electron chi connectivity index (χ1n) is 7.45. The van der Waals surface area contributed by atoms with Crippen molar-refractivity contribution in [1.82, 2.24) is 10.0 Å². The van der Waals surface area contributed by atoms with Crippen LogP contribution in [0.4, 0.5) is 0 Å². The molecule has 0 fully saturated rings. The lowest BCUT2D eigenvalue weighted by Crippen LogP contribution is -2.31. The van der Waals surface area contributed by atoms with E-state index in [1.54, 1.807) is 12.1 Å². The number of rotatable bonds is 10. The predicted octanol–water partition coefficient (Wildman–Crippen LogP) is 2.05. The predicted molar refractivity (Wildman–Crippen MR) is 92.7 cm³/mol. The number of sulfonamides is 1. The average molecular weight is 407 g/mol. The smallest absolute Gasteiger partial charge is 0.240 e. The van der Waals surface area contributed by atoms with Gasteiger partial charge in [0.15, 0.2) is 0 Å². The number of hydrogen-bond acceptors (Lipinski definition) is 4. The van der Waals surface area contributed by atoms with Crippen molar-refractivity contribution in [2.75, 3.05) is 19.7 Å². The van der Waals surface area contributed by atoms with Crippen LogP contribution >= 0.6 is 15.9 Å². The molecule has 2 N–H and O–H groups in total. The maximum absolute atomic E-state index is 12.0. The zero-order valence-corrected chi connectivity index (χ0v) is 15.7. The van der Waals surface area contributed by atoms with Crippen LogP contribution in [-0.2, 0) is 19.6 Å². The molecule has 0 bridgehead atoms. The van der Waals surface area contributed by atoms with Gasteiger partial charge in [-0.05, 0) is 38.5 Å². The van der Waals surface area contributed by atoms with E-state index in [0.717, 1.165) is 6.42 Å². The number of hydrogen-bond donors (Lipinski definition) is 2.